The molecule has 0 aliphatic carbocycles. The molecule has 0 saturated heterocycles. The number of pyridine rings is 1. The maximum atomic E-state index is 12.3. The first-order chi connectivity index (χ1) is 9.13. The van der Waals surface area contributed by atoms with Crippen LogP contribution in [0.1, 0.15) is 21.6 Å². The van der Waals surface area contributed by atoms with Crippen LogP contribution in [0.15, 0.2) is 36.5 Å². The summed E-state index contributed by atoms with van der Waals surface area (Å²) >= 11 is 5.77. The van der Waals surface area contributed by atoms with Crippen molar-refractivity contribution in [1.82, 2.24) is 9.88 Å². The number of benzene rings is 1. The van der Waals surface area contributed by atoms with Gasteiger partial charge < -0.3 is 10.6 Å². The Kier molecular flexibility index (Phi) is 2.87. The van der Waals surface area contributed by atoms with E-state index in [1.165, 1.54) is 6.20 Å². The SMILES string of the molecule is Nc1ccc2c(c1)CN(C(=O)c1ccc(Cl)cn1)C2. The second-order valence-electron chi connectivity index (χ2n) is 4.55. The van der Waals surface area contributed by atoms with Gasteiger partial charge in [-0.1, -0.05) is 17.7 Å². The van der Waals surface area contributed by atoms with E-state index < -0.39 is 0 Å². The van der Waals surface area contributed by atoms with Crippen molar-refractivity contribution < 1.29 is 4.79 Å². The number of carbonyl (C=O) groups excluding carboxylic acids is 1. The number of nitrogens with two attached hydrogens (primary N) is 1. The number of hydrogen-bond acceptors (Lipinski definition) is 3. The zero-order valence-corrected chi connectivity index (χ0v) is 10.9. The summed E-state index contributed by atoms with van der Waals surface area (Å²) in [5.74, 6) is -0.0913. The number of halogens is 1. The van der Waals surface area contributed by atoms with Crippen molar-refractivity contribution in [1.29, 1.82) is 0 Å². The molecule has 0 fully saturated rings. The number of carbonyl (C=O) groups is 1. The van der Waals surface area contributed by atoms with Gasteiger partial charge in [-0.2, -0.15) is 0 Å². The number of nitrogen functional groups attached to an aromatic ring is 1. The average molecular weight is 274 g/mol. The molecule has 5 heteroatoms. The van der Waals surface area contributed by atoms with Crippen LogP contribution >= 0.6 is 11.6 Å². The van der Waals surface area contributed by atoms with Gasteiger partial charge >= 0.3 is 0 Å². The minimum atomic E-state index is -0.0913. The van der Waals surface area contributed by atoms with Crippen LogP contribution in [0.3, 0.4) is 0 Å². The Labute approximate surface area is 115 Å². The number of rotatable bonds is 1. The molecule has 0 atom stereocenters. The number of amides is 1. The van der Waals surface area contributed by atoms with Crippen LogP contribution in [0.25, 0.3) is 0 Å². The smallest absolute Gasteiger partial charge is 0.273 e. The first-order valence-electron chi connectivity index (χ1n) is 5.91. The molecule has 2 aromatic rings. The molecular formula is C14H12ClN3O. The van der Waals surface area contributed by atoms with E-state index in [2.05, 4.69) is 4.98 Å². The van der Waals surface area contributed by atoms with Crippen molar-refractivity contribution in [2.75, 3.05) is 5.73 Å². The van der Waals surface area contributed by atoms with Crippen LogP contribution in [-0.2, 0) is 13.1 Å². The molecule has 1 aromatic carbocycles. The third-order valence-electron chi connectivity index (χ3n) is 3.19. The first-order valence-corrected chi connectivity index (χ1v) is 6.29. The highest BCUT2D eigenvalue weighted by atomic mass is 35.5. The lowest BCUT2D eigenvalue weighted by molar-refractivity contribution is 0.0745. The Hall–Kier alpha value is -2.07. The van der Waals surface area contributed by atoms with Crippen LogP contribution in [0.2, 0.25) is 5.02 Å². The summed E-state index contributed by atoms with van der Waals surface area (Å²) in [4.78, 5) is 18.1. The largest absolute Gasteiger partial charge is 0.399 e. The molecule has 2 N–H and O–H groups in total. The zero-order chi connectivity index (χ0) is 13.4. The molecule has 19 heavy (non-hydrogen) atoms. The quantitative estimate of drug-likeness (QED) is 0.812. The van der Waals surface area contributed by atoms with Gasteiger partial charge in [0.2, 0.25) is 0 Å². The molecule has 96 valence electrons. The van der Waals surface area contributed by atoms with Gasteiger partial charge in [-0.05, 0) is 35.4 Å². The predicted molar refractivity (Wildman–Crippen MR) is 73.7 cm³/mol. The van der Waals surface area contributed by atoms with Crippen molar-refractivity contribution in [3.05, 3.63) is 58.4 Å². The summed E-state index contributed by atoms with van der Waals surface area (Å²) in [6, 6.07) is 9.05. The lowest BCUT2D eigenvalue weighted by Gasteiger charge is -2.14. The molecule has 0 bridgehead atoms. The molecule has 0 saturated carbocycles. The van der Waals surface area contributed by atoms with Crippen molar-refractivity contribution in [2.24, 2.45) is 0 Å². The summed E-state index contributed by atoms with van der Waals surface area (Å²) in [6.07, 6.45) is 1.48. The van der Waals surface area contributed by atoms with Crippen molar-refractivity contribution >= 4 is 23.2 Å². The van der Waals surface area contributed by atoms with Crippen molar-refractivity contribution in [3.63, 3.8) is 0 Å². The molecule has 0 radical (unpaired) electrons. The number of nitrogens with zero attached hydrogens (tertiary/aromatic N) is 2. The van der Waals surface area contributed by atoms with Crippen LogP contribution in [0, 0.1) is 0 Å². The molecule has 1 aliphatic rings. The number of hydrogen-bond donors (Lipinski definition) is 1. The van der Waals surface area contributed by atoms with E-state index in [0.717, 1.165) is 16.8 Å². The van der Waals surface area contributed by atoms with E-state index in [-0.39, 0.29) is 5.91 Å². The molecule has 3 rings (SSSR count). The molecule has 2 heterocycles. The van der Waals surface area contributed by atoms with E-state index in [9.17, 15) is 4.79 Å². The van der Waals surface area contributed by atoms with Crippen LogP contribution in [0.5, 0.6) is 0 Å². The summed E-state index contributed by atoms with van der Waals surface area (Å²) in [7, 11) is 0. The fourth-order valence-electron chi connectivity index (χ4n) is 2.22. The molecule has 1 aliphatic heterocycles. The Balaban J connectivity index is 1.82. The fourth-order valence-corrected chi connectivity index (χ4v) is 2.33. The molecule has 0 spiro atoms. The van der Waals surface area contributed by atoms with Crippen LogP contribution < -0.4 is 5.73 Å². The highest BCUT2D eigenvalue weighted by molar-refractivity contribution is 6.30. The summed E-state index contributed by atoms with van der Waals surface area (Å²) in [6.45, 7) is 1.17. The standard InChI is InChI=1S/C14H12ClN3O/c15-11-2-4-13(17-6-11)14(19)18-7-9-1-3-12(16)5-10(9)8-18/h1-6H,7-8,16H2. The summed E-state index contributed by atoms with van der Waals surface area (Å²) in [5.41, 5.74) is 9.11. The van der Waals surface area contributed by atoms with E-state index in [4.69, 9.17) is 17.3 Å². The summed E-state index contributed by atoms with van der Waals surface area (Å²) < 4.78 is 0. The minimum Gasteiger partial charge on any atom is -0.399 e. The minimum absolute atomic E-state index is 0.0913. The van der Waals surface area contributed by atoms with Gasteiger partial charge in [-0.15, -0.1) is 0 Å². The third kappa shape index (κ3) is 2.27. The Morgan fingerprint density at radius 2 is 2.00 bits per heavy atom. The van der Waals surface area contributed by atoms with E-state index >= 15 is 0 Å². The van der Waals surface area contributed by atoms with E-state index in [1.54, 1.807) is 17.0 Å². The topological polar surface area (TPSA) is 59.2 Å². The summed E-state index contributed by atoms with van der Waals surface area (Å²) in [5, 5.41) is 0.522. The Morgan fingerprint density at radius 1 is 1.21 bits per heavy atom. The molecule has 1 amide bonds. The van der Waals surface area contributed by atoms with Gasteiger partial charge in [0.05, 0.1) is 5.02 Å². The van der Waals surface area contributed by atoms with Gasteiger partial charge in [0, 0.05) is 25.0 Å². The third-order valence-corrected chi connectivity index (χ3v) is 3.41. The highest BCUT2D eigenvalue weighted by Gasteiger charge is 2.24. The fraction of sp³-hybridized carbons (Fsp3) is 0.143. The van der Waals surface area contributed by atoms with Crippen LogP contribution in [0.4, 0.5) is 5.69 Å². The lowest BCUT2D eigenvalue weighted by atomic mass is 10.1. The highest BCUT2D eigenvalue weighted by Crippen LogP contribution is 2.25. The zero-order valence-electron chi connectivity index (χ0n) is 10.1. The number of aromatic nitrogens is 1. The Morgan fingerprint density at radius 3 is 2.74 bits per heavy atom. The molecular weight excluding hydrogens is 262 g/mol. The van der Waals surface area contributed by atoms with Gasteiger partial charge in [0.15, 0.2) is 0 Å². The monoisotopic (exact) mass is 273 g/mol. The van der Waals surface area contributed by atoms with E-state index in [0.29, 0.717) is 23.8 Å². The first kappa shape index (κ1) is 12.0. The van der Waals surface area contributed by atoms with Gasteiger partial charge in [0.25, 0.3) is 5.91 Å². The molecule has 1 aromatic heterocycles. The Bertz CT molecular complexity index is 640. The van der Waals surface area contributed by atoms with Crippen LogP contribution in [-0.4, -0.2) is 15.8 Å². The van der Waals surface area contributed by atoms with Gasteiger partial charge in [-0.3, -0.25) is 4.79 Å². The normalized spacial score (nSPS) is 13.4. The van der Waals surface area contributed by atoms with Gasteiger partial charge in [-0.25, -0.2) is 4.98 Å². The molecule has 4 nitrogen and oxygen atoms in total. The van der Waals surface area contributed by atoms with Crippen molar-refractivity contribution in [3.8, 4) is 0 Å². The average Bonchev–Trinajstić information content (AvgIpc) is 2.81. The lowest BCUT2D eigenvalue weighted by Crippen LogP contribution is -2.26. The number of anilines is 1. The maximum absolute atomic E-state index is 12.3. The van der Waals surface area contributed by atoms with Gasteiger partial charge in [0.1, 0.15) is 5.69 Å². The second kappa shape index (κ2) is 4.55. The van der Waals surface area contributed by atoms with Crippen molar-refractivity contribution in [2.45, 2.75) is 13.1 Å². The molecule has 0 unspecified atom stereocenters. The predicted octanol–water partition coefficient (Wildman–Crippen LogP) is 2.47. The number of fused-ring (bicyclic) bond motifs is 1. The van der Waals surface area contributed by atoms with E-state index in [1.807, 2.05) is 18.2 Å². The maximum Gasteiger partial charge on any atom is 0.273 e. The second-order valence-corrected chi connectivity index (χ2v) is 4.99.